The Bertz CT molecular complexity index is 1570. The zero-order chi connectivity index (χ0) is 21.5. The third-order valence-electron chi connectivity index (χ3n) is 5.71. The molecule has 3 nitrogen and oxygen atoms in total. The fourth-order valence-corrected chi connectivity index (χ4v) is 4.54. The molecule has 2 heterocycles. The van der Waals surface area contributed by atoms with Gasteiger partial charge in [-0.15, -0.1) is 0 Å². The second kappa shape index (κ2) is 7.63. The molecule has 4 heteroatoms. The largest absolute Gasteiger partial charge is 0.309 e. The van der Waals surface area contributed by atoms with E-state index < -0.39 is 0 Å². The Morgan fingerprint density at radius 1 is 0.625 bits per heavy atom. The third kappa shape index (κ3) is 3.06. The van der Waals surface area contributed by atoms with E-state index in [0.717, 1.165) is 38.9 Å². The number of benzene rings is 4. The maximum absolute atomic E-state index is 6.46. The lowest BCUT2D eigenvalue weighted by molar-refractivity contribution is 1.17. The fourth-order valence-electron chi connectivity index (χ4n) is 4.36. The molecule has 0 N–H and O–H groups in total. The molecule has 32 heavy (non-hydrogen) atoms. The summed E-state index contributed by atoms with van der Waals surface area (Å²) in [5, 5.41) is 2.76. The lowest BCUT2D eigenvalue weighted by Crippen LogP contribution is -1.94. The molecule has 0 aliphatic heterocycles. The molecule has 0 bridgehead atoms. The van der Waals surface area contributed by atoms with Crippen molar-refractivity contribution in [3.05, 3.63) is 114 Å². The average Bonchev–Trinajstić information content (AvgIpc) is 3.19. The average molecular weight is 432 g/mol. The van der Waals surface area contributed by atoms with E-state index in [1.54, 1.807) is 0 Å². The molecular formula is C28H18ClN3. The van der Waals surface area contributed by atoms with Crippen LogP contribution in [-0.2, 0) is 0 Å². The van der Waals surface area contributed by atoms with Gasteiger partial charge in [0.05, 0.1) is 16.7 Å². The molecule has 152 valence electrons. The van der Waals surface area contributed by atoms with Crippen molar-refractivity contribution < 1.29 is 0 Å². The molecule has 2 aromatic heterocycles. The van der Waals surface area contributed by atoms with Gasteiger partial charge in [0.1, 0.15) is 5.15 Å². The van der Waals surface area contributed by atoms with Crippen LogP contribution in [0.2, 0.25) is 5.15 Å². The van der Waals surface area contributed by atoms with E-state index >= 15 is 0 Å². The predicted molar refractivity (Wildman–Crippen MR) is 132 cm³/mol. The summed E-state index contributed by atoms with van der Waals surface area (Å²) in [5.41, 5.74) is 6.20. The highest BCUT2D eigenvalue weighted by molar-refractivity contribution is 6.30. The second-order valence-corrected chi connectivity index (χ2v) is 8.04. The summed E-state index contributed by atoms with van der Waals surface area (Å²) in [5.74, 6) is 0.622. The zero-order valence-electron chi connectivity index (χ0n) is 17.1. The lowest BCUT2D eigenvalue weighted by atomic mass is 10.0. The van der Waals surface area contributed by atoms with Gasteiger partial charge in [-0.1, -0.05) is 90.5 Å². The number of para-hydroxylation sites is 2. The summed E-state index contributed by atoms with van der Waals surface area (Å²) >= 11 is 6.46. The van der Waals surface area contributed by atoms with Gasteiger partial charge in [0, 0.05) is 33.7 Å². The van der Waals surface area contributed by atoms with E-state index in [9.17, 15) is 0 Å². The van der Waals surface area contributed by atoms with E-state index in [4.69, 9.17) is 16.6 Å². The van der Waals surface area contributed by atoms with Gasteiger partial charge in [0.2, 0.25) is 0 Å². The number of nitrogens with zero attached hydrogens (tertiary/aromatic N) is 3. The molecule has 6 aromatic rings. The monoisotopic (exact) mass is 431 g/mol. The number of aromatic nitrogens is 3. The van der Waals surface area contributed by atoms with Crippen LogP contribution in [0.15, 0.2) is 109 Å². The third-order valence-corrected chi connectivity index (χ3v) is 5.91. The molecule has 4 aromatic carbocycles. The molecule has 0 fully saturated rings. The normalized spacial score (nSPS) is 11.3. The Balaban J connectivity index is 1.67. The van der Waals surface area contributed by atoms with Crippen molar-refractivity contribution in [2.75, 3.05) is 0 Å². The highest BCUT2D eigenvalue weighted by atomic mass is 35.5. The van der Waals surface area contributed by atoms with Crippen LogP contribution in [0.5, 0.6) is 0 Å². The van der Waals surface area contributed by atoms with E-state index in [0.29, 0.717) is 11.0 Å². The topological polar surface area (TPSA) is 30.7 Å². The van der Waals surface area contributed by atoms with Gasteiger partial charge in [0.25, 0.3) is 0 Å². The molecular weight excluding hydrogens is 414 g/mol. The van der Waals surface area contributed by atoms with Crippen LogP contribution >= 0.6 is 11.6 Å². The first-order valence-electron chi connectivity index (χ1n) is 10.5. The fraction of sp³-hybridized carbons (Fsp3) is 0. The van der Waals surface area contributed by atoms with Crippen molar-refractivity contribution in [1.29, 1.82) is 0 Å². The summed E-state index contributed by atoms with van der Waals surface area (Å²) in [6.45, 7) is 0. The Kier molecular flexibility index (Phi) is 4.48. The minimum absolute atomic E-state index is 0.428. The minimum atomic E-state index is 0.428. The van der Waals surface area contributed by atoms with Crippen LogP contribution < -0.4 is 0 Å². The summed E-state index contributed by atoms with van der Waals surface area (Å²) in [6, 6.07) is 37.0. The number of rotatable bonds is 3. The zero-order valence-corrected chi connectivity index (χ0v) is 17.9. The maximum atomic E-state index is 6.46. The van der Waals surface area contributed by atoms with Crippen LogP contribution in [0.25, 0.3) is 50.1 Å². The van der Waals surface area contributed by atoms with Crippen LogP contribution in [0.1, 0.15) is 0 Å². The number of hydrogen-bond donors (Lipinski definition) is 0. The first-order chi connectivity index (χ1) is 15.8. The Hall–Kier alpha value is -3.95. The van der Waals surface area contributed by atoms with Crippen molar-refractivity contribution in [3.63, 3.8) is 0 Å². The Morgan fingerprint density at radius 2 is 1.31 bits per heavy atom. The first kappa shape index (κ1) is 18.8. The predicted octanol–water partition coefficient (Wildman–Crippen LogP) is 7.56. The van der Waals surface area contributed by atoms with Gasteiger partial charge < -0.3 is 4.57 Å². The van der Waals surface area contributed by atoms with Gasteiger partial charge in [-0.25, -0.2) is 9.97 Å². The van der Waals surface area contributed by atoms with E-state index in [-0.39, 0.29) is 0 Å². The molecule has 0 saturated heterocycles. The molecule has 0 aliphatic rings. The highest BCUT2D eigenvalue weighted by Gasteiger charge is 2.17. The van der Waals surface area contributed by atoms with Crippen molar-refractivity contribution in [2.45, 2.75) is 0 Å². The molecule has 0 saturated carbocycles. The smallest absolute Gasteiger partial charge is 0.161 e. The summed E-state index contributed by atoms with van der Waals surface area (Å²) in [6.07, 6.45) is 0. The van der Waals surface area contributed by atoms with Crippen molar-refractivity contribution >= 4 is 33.4 Å². The Morgan fingerprint density at radius 3 is 2.12 bits per heavy atom. The SMILES string of the molecule is Clc1cc(-c2cccc3c2c2ccccc2n3-c2ccccc2)nc(-c2ccccc2)n1. The van der Waals surface area contributed by atoms with Crippen molar-refractivity contribution in [3.8, 4) is 28.3 Å². The summed E-state index contributed by atoms with van der Waals surface area (Å²) in [4.78, 5) is 9.38. The number of halogens is 1. The lowest BCUT2D eigenvalue weighted by Gasteiger charge is -2.09. The van der Waals surface area contributed by atoms with Crippen LogP contribution in [-0.4, -0.2) is 14.5 Å². The van der Waals surface area contributed by atoms with Crippen LogP contribution in [0.3, 0.4) is 0 Å². The Labute approximate surface area is 190 Å². The van der Waals surface area contributed by atoms with Crippen LogP contribution in [0, 0.1) is 0 Å². The van der Waals surface area contributed by atoms with Gasteiger partial charge in [-0.2, -0.15) is 0 Å². The molecule has 0 radical (unpaired) electrons. The molecule has 0 atom stereocenters. The number of fused-ring (bicyclic) bond motifs is 3. The summed E-state index contributed by atoms with van der Waals surface area (Å²) in [7, 11) is 0. The molecule has 0 amide bonds. The molecule has 0 aliphatic carbocycles. The van der Waals surface area contributed by atoms with E-state index in [1.165, 1.54) is 5.39 Å². The van der Waals surface area contributed by atoms with E-state index in [2.05, 4.69) is 76.3 Å². The highest BCUT2D eigenvalue weighted by Crippen LogP contribution is 2.38. The van der Waals surface area contributed by atoms with E-state index in [1.807, 2.05) is 42.5 Å². The van der Waals surface area contributed by atoms with Gasteiger partial charge in [-0.3, -0.25) is 0 Å². The molecule has 0 unspecified atom stereocenters. The van der Waals surface area contributed by atoms with Gasteiger partial charge in [0.15, 0.2) is 5.82 Å². The molecule has 0 spiro atoms. The maximum Gasteiger partial charge on any atom is 0.161 e. The first-order valence-corrected chi connectivity index (χ1v) is 10.9. The minimum Gasteiger partial charge on any atom is -0.309 e. The standard InChI is InChI=1S/C28H18ClN3/c29-26-18-23(30-28(31-26)19-10-3-1-4-11-19)21-15-9-17-25-27(21)22-14-7-8-16-24(22)32(25)20-12-5-2-6-13-20/h1-18H. The van der Waals surface area contributed by atoms with Crippen molar-refractivity contribution in [1.82, 2.24) is 14.5 Å². The summed E-state index contributed by atoms with van der Waals surface area (Å²) < 4.78 is 2.30. The van der Waals surface area contributed by atoms with Gasteiger partial charge in [-0.05, 0) is 24.3 Å². The van der Waals surface area contributed by atoms with Gasteiger partial charge >= 0.3 is 0 Å². The number of hydrogen-bond acceptors (Lipinski definition) is 2. The second-order valence-electron chi connectivity index (χ2n) is 7.65. The van der Waals surface area contributed by atoms with Crippen LogP contribution in [0.4, 0.5) is 0 Å². The molecule has 6 rings (SSSR count). The van der Waals surface area contributed by atoms with Crippen molar-refractivity contribution in [2.24, 2.45) is 0 Å². The quantitative estimate of drug-likeness (QED) is 0.270.